The summed E-state index contributed by atoms with van der Waals surface area (Å²) in [6.07, 6.45) is 13.2. The maximum absolute atomic E-state index is 3.91. The molecule has 0 N–H and O–H groups in total. The summed E-state index contributed by atoms with van der Waals surface area (Å²) in [4.78, 5) is 0. The first-order valence-corrected chi connectivity index (χ1v) is 13.5. The van der Waals surface area contributed by atoms with Gasteiger partial charge in [0.25, 0.3) is 0 Å². The molecule has 0 atom stereocenters. The van der Waals surface area contributed by atoms with Gasteiger partial charge in [0.2, 0.25) is 0 Å². The van der Waals surface area contributed by atoms with Crippen molar-refractivity contribution in [3.8, 4) is 0 Å². The van der Waals surface area contributed by atoms with Gasteiger partial charge in [-0.25, -0.2) is 0 Å². The average Bonchev–Trinajstić information content (AvgIpc) is 2.26. The molecule has 0 saturated heterocycles. The molecular formula is C16H38CuILiPSi. The molecule has 0 nitrogen and oxygen atoms in total. The van der Waals surface area contributed by atoms with E-state index in [1.165, 1.54) is 38.5 Å². The van der Waals surface area contributed by atoms with Gasteiger partial charge < -0.3 is 30.5 Å². The van der Waals surface area contributed by atoms with Gasteiger partial charge in [-0.05, 0) is 37.7 Å². The first-order valence-electron chi connectivity index (χ1n) is 7.92. The zero-order valence-electron chi connectivity index (χ0n) is 15.7. The van der Waals surface area contributed by atoms with Gasteiger partial charge in [-0.3, -0.25) is 0 Å². The van der Waals surface area contributed by atoms with Crippen LogP contribution >= 0.6 is 7.92 Å². The van der Waals surface area contributed by atoms with E-state index < -0.39 is 8.07 Å². The van der Waals surface area contributed by atoms with Crippen LogP contribution in [-0.4, -0.2) is 26.6 Å². The number of halogens is 1. The molecular weight excluding hydrogens is 449 g/mol. The standard InChI is InChI=1S/C12H27P.C4H11Si.Cu.HI.Li/c1-4-7-10-13(11-8-5-2)12-9-6-3;1-5(2,3)4;;;/h4-12H2,1-3H3;1H2,2-4H3;;1H;/q;-1;+1;;+1/p-1. The van der Waals surface area contributed by atoms with E-state index in [-0.39, 0.29) is 59.9 Å². The van der Waals surface area contributed by atoms with E-state index in [0.29, 0.717) is 7.92 Å². The van der Waals surface area contributed by atoms with Gasteiger partial charge >= 0.3 is 35.9 Å². The molecule has 0 bridgehead atoms. The van der Waals surface area contributed by atoms with Crippen molar-refractivity contribution in [2.75, 3.05) is 18.5 Å². The summed E-state index contributed by atoms with van der Waals surface area (Å²) in [5, 5.41) is 0. The van der Waals surface area contributed by atoms with Crippen LogP contribution in [0, 0.1) is 6.55 Å². The fraction of sp³-hybridized carbons (Fsp3) is 0.938. The Morgan fingerprint density at radius 2 is 0.952 bits per heavy atom. The van der Waals surface area contributed by atoms with E-state index in [2.05, 4.69) is 47.0 Å². The minimum atomic E-state index is -0.861. The molecule has 130 valence electrons. The average molecular weight is 487 g/mol. The monoisotopic (exact) mass is 486 g/mol. The van der Waals surface area contributed by atoms with Gasteiger partial charge in [-0.1, -0.05) is 59.7 Å². The molecule has 0 saturated carbocycles. The van der Waals surface area contributed by atoms with Crippen LogP contribution in [-0.2, 0) is 17.1 Å². The zero-order valence-corrected chi connectivity index (χ0v) is 20.7. The van der Waals surface area contributed by atoms with Crippen molar-refractivity contribution in [2.24, 2.45) is 0 Å². The first-order chi connectivity index (χ1) is 8.35. The van der Waals surface area contributed by atoms with Gasteiger partial charge in [0.15, 0.2) is 0 Å². The quantitative estimate of drug-likeness (QED) is 0.193. The second kappa shape index (κ2) is 24.7. The van der Waals surface area contributed by atoms with Crippen molar-refractivity contribution < 1.29 is 59.9 Å². The third-order valence-electron chi connectivity index (χ3n) is 2.48. The van der Waals surface area contributed by atoms with Crippen molar-refractivity contribution in [2.45, 2.75) is 78.9 Å². The molecule has 0 unspecified atom stereocenters. The zero-order chi connectivity index (χ0) is 14.4. The third-order valence-corrected chi connectivity index (χ3v) is 5.33. The van der Waals surface area contributed by atoms with Gasteiger partial charge in [0.1, 0.15) is 0 Å². The Morgan fingerprint density at radius 1 is 0.762 bits per heavy atom. The maximum Gasteiger partial charge on any atom is 1.00 e. The van der Waals surface area contributed by atoms with Crippen LogP contribution in [0.2, 0.25) is 19.6 Å². The third kappa shape index (κ3) is 45.0. The Kier molecular flexibility index (Phi) is 40.9. The SMILES string of the molecule is CCCCP(CCCC)CCCC.[CH2-][Si](C)(C)C.[Cu+].[I-].[Li+]. The Morgan fingerprint density at radius 3 is 1.10 bits per heavy atom. The van der Waals surface area contributed by atoms with Crippen molar-refractivity contribution in [1.82, 2.24) is 0 Å². The summed E-state index contributed by atoms with van der Waals surface area (Å²) >= 11 is 0. The molecule has 0 spiro atoms. The van der Waals surface area contributed by atoms with Crippen LogP contribution in [0.5, 0.6) is 0 Å². The summed E-state index contributed by atoms with van der Waals surface area (Å²) < 4.78 is 0. The fourth-order valence-electron chi connectivity index (χ4n) is 1.48. The van der Waals surface area contributed by atoms with Crippen LogP contribution in [0.15, 0.2) is 0 Å². The van der Waals surface area contributed by atoms with Crippen molar-refractivity contribution in [3.05, 3.63) is 6.55 Å². The molecule has 0 aliphatic rings. The van der Waals surface area contributed by atoms with Gasteiger partial charge in [-0.2, -0.15) is 0 Å². The van der Waals surface area contributed by atoms with E-state index in [0.717, 1.165) is 0 Å². The first kappa shape index (κ1) is 34.8. The Balaban J connectivity index is -0.0000000933. The van der Waals surface area contributed by atoms with Crippen LogP contribution in [0.25, 0.3) is 0 Å². The molecule has 0 radical (unpaired) electrons. The minimum absolute atomic E-state index is 0. The molecule has 0 aromatic heterocycles. The van der Waals surface area contributed by atoms with E-state index in [9.17, 15) is 0 Å². The van der Waals surface area contributed by atoms with Crippen LogP contribution in [0.1, 0.15) is 59.3 Å². The largest absolute Gasteiger partial charge is 1.00 e. The summed E-state index contributed by atoms with van der Waals surface area (Å²) in [6.45, 7) is 17.5. The molecule has 0 heterocycles. The molecule has 21 heavy (non-hydrogen) atoms. The predicted octanol–water partition coefficient (Wildman–Crippen LogP) is 0.572. The topological polar surface area (TPSA) is 0 Å². The van der Waals surface area contributed by atoms with Crippen LogP contribution in [0.4, 0.5) is 0 Å². The normalized spacial score (nSPS) is 9.71. The van der Waals surface area contributed by atoms with E-state index >= 15 is 0 Å². The number of rotatable bonds is 9. The van der Waals surface area contributed by atoms with Gasteiger partial charge in [-0.15, -0.1) is 16.0 Å². The predicted molar refractivity (Wildman–Crippen MR) is 94.9 cm³/mol. The summed E-state index contributed by atoms with van der Waals surface area (Å²) in [5.41, 5.74) is 0. The second-order valence-corrected chi connectivity index (χ2v) is 14.3. The van der Waals surface area contributed by atoms with E-state index in [4.69, 9.17) is 0 Å². The Labute approximate surface area is 178 Å². The molecule has 0 aromatic rings. The maximum atomic E-state index is 3.91. The molecule has 0 fully saturated rings. The molecule has 0 aliphatic carbocycles. The number of hydrogen-bond donors (Lipinski definition) is 0. The molecule has 0 amide bonds. The van der Waals surface area contributed by atoms with E-state index in [1.807, 2.05) is 0 Å². The molecule has 0 aliphatic heterocycles. The van der Waals surface area contributed by atoms with Gasteiger partial charge in [0, 0.05) is 0 Å². The van der Waals surface area contributed by atoms with Gasteiger partial charge in [0.05, 0.1) is 0 Å². The summed E-state index contributed by atoms with van der Waals surface area (Å²) in [7, 11) is -0.439. The fourth-order valence-corrected chi connectivity index (χ4v) is 4.44. The molecule has 0 rings (SSSR count). The number of unbranched alkanes of at least 4 members (excludes halogenated alkanes) is 3. The van der Waals surface area contributed by atoms with Crippen molar-refractivity contribution in [1.29, 1.82) is 0 Å². The summed E-state index contributed by atoms with van der Waals surface area (Å²) in [5.74, 6) is 0. The molecule has 0 aromatic carbocycles. The Hall–Kier alpha value is 2.49. The second-order valence-electron chi connectivity index (χ2n) is 6.46. The van der Waals surface area contributed by atoms with Crippen LogP contribution < -0.4 is 42.8 Å². The minimum Gasteiger partial charge on any atom is -1.00 e. The van der Waals surface area contributed by atoms with E-state index in [1.54, 1.807) is 18.5 Å². The van der Waals surface area contributed by atoms with Crippen molar-refractivity contribution in [3.63, 3.8) is 0 Å². The Bertz CT molecular complexity index is 144. The summed E-state index contributed by atoms with van der Waals surface area (Å²) in [6, 6.07) is 0. The smallest absolute Gasteiger partial charge is 1.00 e. The van der Waals surface area contributed by atoms with Crippen molar-refractivity contribution >= 4 is 16.0 Å². The molecule has 5 heteroatoms. The van der Waals surface area contributed by atoms with Crippen LogP contribution in [0.3, 0.4) is 0 Å². The number of hydrogen-bond acceptors (Lipinski definition) is 0.